The van der Waals surface area contributed by atoms with E-state index >= 15 is 0 Å². The molecule has 3 rings (SSSR count). The summed E-state index contributed by atoms with van der Waals surface area (Å²) < 4.78 is 18.5. The summed E-state index contributed by atoms with van der Waals surface area (Å²) in [4.78, 5) is 27.4. The number of esters is 1. The second-order valence-corrected chi connectivity index (χ2v) is 8.07. The Balaban J connectivity index is 1.92. The summed E-state index contributed by atoms with van der Waals surface area (Å²) in [6.45, 7) is 1.83. The van der Waals surface area contributed by atoms with E-state index in [0.29, 0.717) is 16.7 Å². The van der Waals surface area contributed by atoms with Crippen LogP contribution in [0.1, 0.15) is 22.8 Å². The van der Waals surface area contributed by atoms with Gasteiger partial charge in [-0.05, 0) is 48.4 Å². The average Bonchev–Trinajstić information content (AvgIpc) is 3.21. The number of hydrogen-bond acceptors (Lipinski definition) is 6. The molecule has 2 aromatic carbocycles. The molecule has 1 heterocycles. The molecule has 0 bridgehead atoms. The lowest BCUT2D eigenvalue weighted by atomic mass is 10.0. The molecule has 0 aliphatic carbocycles. The van der Waals surface area contributed by atoms with E-state index in [0.717, 1.165) is 17.0 Å². The van der Waals surface area contributed by atoms with Crippen LogP contribution < -0.4 is 10.2 Å². The number of carbonyl (C=O) groups excluding carboxylic acids is 2. The molecule has 0 unspecified atom stereocenters. The van der Waals surface area contributed by atoms with Gasteiger partial charge in [-0.3, -0.25) is 4.79 Å². The summed E-state index contributed by atoms with van der Waals surface area (Å²) in [6.07, 6.45) is 1.48. The fourth-order valence-electron chi connectivity index (χ4n) is 3.05. The highest BCUT2D eigenvalue weighted by Gasteiger charge is 2.23. The maximum atomic E-state index is 13.3. The molecule has 1 N–H and O–H groups in total. The molecule has 168 valence electrons. The number of amides is 1. The van der Waals surface area contributed by atoms with Gasteiger partial charge in [0, 0.05) is 30.7 Å². The molecule has 3 aromatic rings. The van der Waals surface area contributed by atoms with Gasteiger partial charge in [0.2, 0.25) is 0 Å². The summed E-state index contributed by atoms with van der Waals surface area (Å²) in [5.74, 6) is -1.66. The fourth-order valence-corrected chi connectivity index (χ4v) is 4.00. The number of nitrogens with zero attached hydrogens (tertiary/aromatic N) is 2. The summed E-state index contributed by atoms with van der Waals surface area (Å²) in [5, 5.41) is 14.1. The molecule has 0 radical (unpaired) electrons. The minimum atomic E-state index is -0.646. The van der Waals surface area contributed by atoms with Crippen molar-refractivity contribution in [1.82, 2.24) is 0 Å². The first-order valence-electron chi connectivity index (χ1n) is 10.1. The molecule has 6 nitrogen and oxygen atoms in total. The van der Waals surface area contributed by atoms with Gasteiger partial charge in [0.15, 0.2) is 0 Å². The van der Waals surface area contributed by atoms with E-state index in [-0.39, 0.29) is 22.7 Å². The number of hydrogen-bond donors (Lipinski definition) is 1. The van der Waals surface area contributed by atoms with Crippen molar-refractivity contribution >= 4 is 40.0 Å². The van der Waals surface area contributed by atoms with Crippen LogP contribution in [0.15, 0.2) is 59.5 Å². The predicted octanol–water partition coefficient (Wildman–Crippen LogP) is 5.34. The normalized spacial score (nSPS) is 10.9. The molecule has 0 atom stereocenters. The van der Waals surface area contributed by atoms with Crippen LogP contribution >= 0.6 is 11.3 Å². The van der Waals surface area contributed by atoms with Gasteiger partial charge in [0.1, 0.15) is 28.0 Å². The van der Waals surface area contributed by atoms with Gasteiger partial charge >= 0.3 is 5.97 Å². The van der Waals surface area contributed by atoms with Crippen molar-refractivity contribution in [3.63, 3.8) is 0 Å². The molecule has 8 heteroatoms. The van der Waals surface area contributed by atoms with Gasteiger partial charge in [0.05, 0.1) is 6.61 Å². The van der Waals surface area contributed by atoms with Crippen molar-refractivity contribution in [1.29, 1.82) is 5.26 Å². The Morgan fingerprint density at radius 3 is 2.39 bits per heavy atom. The van der Waals surface area contributed by atoms with E-state index in [1.54, 1.807) is 24.4 Å². The molecule has 1 aromatic heterocycles. The first-order chi connectivity index (χ1) is 15.8. The number of anilines is 2. The van der Waals surface area contributed by atoms with Crippen LogP contribution in [0.5, 0.6) is 0 Å². The Morgan fingerprint density at radius 2 is 1.82 bits per heavy atom. The number of benzene rings is 2. The van der Waals surface area contributed by atoms with Gasteiger partial charge in [0.25, 0.3) is 5.91 Å². The van der Waals surface area contributed by atoms with Crippen molar-refractivity contribution < 1.29 is 18.7 Å². The molecule has 0 saturated carbocycles. The summed E-state index contributed by atoms with van der Waals surface area (Å²) in [7, 11) is 3.84. The Bertz CT molecular complexity index is 1220. The molecular formula is C25H22FN3O3S. The van der Waals surface area contributed by atoms with Gasteiger partial charge < -0.3 is 15.0 Å². The summed E-state index contributed by atoms with van der Waals surface area (Å²) >= 11 is 1.13. The number of nitriles is 1. The Morgan fingerprint density at radius 1 is 1.15 bits per heavy atom. The fraction of sp³-hybridized carbons (Fsp3) is 0.160. The van der Waals surface area contributed by atoms with E-state index in [9.17, 15) is 19.2 Å². The lowest BCUT2D eigenvalue weighted by molar-refractivity contribution is -0.112. The number of nitrogens with one attached hydrogen (secondary N) is 1. The van der Waals surface area contributed by atoms with E-state index < -0.39 is 17.7 Å². The van der Waals surface area contributed by atoms with Crippen molar-refractivity contribution in [2.75, 3.05) is 30.9 Å². The second-order valence-electron chi connectivity index (χ2n) is 7.19. The monoisotopic (exact) mass is 463 g/mol. The Kier molecular flexibility index (Phi) is 7.59. The Labute approximate surface area is 195 Å². The maximum absolute atomic E-state index is 13.3. The number of ether oxygens (including phenoxy) is 1. The minimum absolute atomic E-state index is 0.112. The maximum Gasteiger partial charge on any atom is 0.341 e. The quantitative estimate of drug-likeness (QED) is 0.290. The van der Waals surface area contributed by atoms with Crippen LogP contribution in [0.3, 0.4) is 0 Å². The molecule has 33 heavy (non-hydrogen) atoms. The molecule has 0 spiro atoms. The third-order valence-corrected chi connectivity index (χ3v) is 5.63. The first kappa shape index (κ1) is 23.7. The third kappa shape index (κ3) is 5.64. The molecular weight excluding hydrogens is 441 g/mol. The van der Waals surface area contributed by atoms with Crippen LogP contribution in [0.4, 0.5) is 15.1 Å². The van der Waals surface area contributed by atoms with Gasteiger partial charge in [-0.25, -0.2) is 9.18 Å². The van der Waals surface area contributed by atoms with E-state index in [1.165, 1.54) is 18.2 Å². The summed E-state index contributed by atoms with van der Waals surface area (Å²) in [5.41, 5.74) is 2.84. The molecule has 0 fully saturated rings. The number of rotatable bonds is 7. The van der Waals surface area contributed by atoms with Crippen LogP contribution in [0.2, 0.25) is 0 Å². The molecule has 0 aliphatic heterocycles. The second kappa shape index (κ2) is 10.6. The van der Waals surface area contributed by atoms with Gasteiger partial charge in [-0.2, -0.15) is 5.26 Å². The predicted molar refractivity (Wildman–Crippen MR) is 129 cm³/mol. The molecule has 0 saturated heterocycles. The largest absolute Gasteiger partial charge is 0.462 e. The lowest BCUT2D eigenvalue weighted by Gasteiger charge is -2.12. The zero-order chi connectivity index (χ0) is 24.0. The van der Waals surface area contributed by atoms with Gasteiger partial charge in [-0.1, -0.05) is 24.3 Å². The van der Waals surface area contributed by atoms with Crippen LogP contribution in [0.25, 0.3) is 17.2 Å². The van der Waals surface area contributed by atoms with Crippen molar-refractivity contribution in [3.8, 4) is 17.2 Å². The van der Waals surface area contributed by atoms with Gasteiger partial charge in [-0.15, -0.1) is 11.3 Å². The number of halogens is 1. The van der Waals surface area contributed by atoms with E-state index in [4.69, 9.17) is 4.74 Å². The van der Waals surface area contributed by atoms with E-state index in [2.05, 4.69) is 5.32 Å². The summed E-state index contributed by atoms with van der Waals surface area (Å²) in [6, 6.07) is 15.0. The van der Waals surface area contributed by atoms with Crippen LogP contribution in [-0.4, -0.2) is 32.6 Å². The lowest BCUT2D eigenvalue weighted by Crippen LogP contribution is -2.16. The molecule has 1 amide bonds. The number of carbonyl (C=O) groups is 2. The highest BCUT2D eigenvalue weighted by atomic mass is 32.1. The Hall–Kier alpha value is -3.96. The SMILES string of the molecule is CCOC(=O)c1c(-c2ccc(F)cc2)csc1NC(=O)/C(C#N)=C/c1ccc(N(C)C)cc1. The van der Waals surface area contributed by atoms with Crippen molar-refractivity contribution in [2.45, 2.75) is 6.92 Å². The van der Waals surface area contributed by atoms with Crippen LogP contribution in [0, 0.1) is 17.1 Å². The third-order valence-electron chi connectivity index (χ3n) is 4.74. The molecule has 0 aliphatic rings. The highest BCUT2D eigenvalue weighted by molar-refractivity contribution is 7.15. The van der Waals surface area contributed by atoms with Crippen molar-refractivity contribution in [2.24, 2.45) is 0 Å². The average molecular weight is 464 g/mol. The van der Waals surface area contributed by atoms with Crippen LogP contribution in [-0.2, 0) is 9.53 Å². The smallest absolute Gasteiger partial charge is 0.341 e. The zero-order valence-electron chi connectivity index (χ0n) is 18.4. The first-order valence-corrected chi connectivity index (χ1v) is 11.0. The zero-order valence-corrected chi connectivity index (χ0v) is 19.2. The number of thiophene rings is 1. The van der Waals surface area contributed by atoms with E-state index in [1.807, 2.05) is 49.3 Å². The topological polar surface area (TPSA) is 82.4 Å². The minimum Gasteiger partial charge on any atom is -0.462 e. The standard InChI is InChI=1S/C25H22FN3O3S/c1-4-32-25(31)22-21(17-7-9-19(26)10-8-17)15-33-24(22)28-23(30)18(14-27)13-16-5-11-20(12-6-16)29(2)3/h5-13,15H,4H2,1-3H3,(H,28,30)/b18-13+. The van der Waals surface area contributed by atoms with Crippen molar-refractivity contribution in [3.05, 3.63) is 76.4 Å². The highest BCUT2D eigenvalue weighted by Crippen LogP contribution is 2.36.